The van der Waals surface area contributed by atoms with Crippen LogP contribution in [0.1, 0.15) is 47.1 Å². The third kappa shape index (κ3) is 6.87. The van der Waals surface area contributed by atoms with E-state index in [-0.39, 0.29) is 29.1 Å². The third-order valence-electron chi connectivity index (χ3n) is 6.35. The Labute approximate surface area is 179 Å². The van der Waals surface area contributed by atoms with Crippen molar-refractivity contribution >= 4 is 8.32 Å². The average molecular weight is 423 g/mol. The Morgan fingerprint density at radius 2 is 1.62 bits per heavy atom. The quantitative estimate of drug-likeness (QED) is 0.303. The van der Waals surface area contributed by atoms with Gasteiger partial charge in [-0.15, -0.1) is 6.58 Å². The number of hydrogen-bond acceptors (Lipinski definition) is 4. The van der Waals surface area contributed by atoms with Crippen LogP contribution in [0.2, 0.25) is 18.1 Å². The van der Waals surface area contributed by atoms with Crippen molar-refractivity contribution in [2.24, 2.45) is 11.8 Å². The maximum absolute atomic E-state index is 6.81. The molecule has 4 nitrogen and oxygen atoms in total. The number of rotatable bonds is 11. The topological polar surface area (TPSA) is 36.9 Å². The lowest BCUT2D eigenvalue weighted by Crippen LogP contribution is -2.48. The minimum atomic E-state index is -1.90. The highest BCUT2D eigenvalue weighted by Gasteiger charge is 2.41. The number of methoxy groups -OCH3 is 2. The van der Waals surface area contributed by atoms with Crippen molar-refractivity contribution in [2.45, 2.75) is 78.5 Å². The van der Waals surface area contributed by atoms with Gasteiger partial charge in [-0.1, -0.05) is 46.8 Å². The zero-order valence-corrected chi connectivity index (χ0v) is 21.2. The average Bonchev–Trinajstić information content (AvgIpc) is 2.67. The van der Waals surface area contributed by atoms with Crippen LogP contribution >= 0.6 is 0 Å². The van der Waals surface area contributed by atoms with Gasteiger partial charge in [-0.25, -0.2) is 0 Å². The van der Waals surface area contributed by atoms with Gasteiger partial charge in [-0.05, 0) is 48.7 Å². The molecule has 0 spiro atoms. The van der Waals surface area contributed by atoms with Gasteiger partial charge in [0.05, 0.1) is 33.0 Å². The summed E-state index contributed by atoms with van der Waals surface area (Å²) in [6.45, 7) is 22.5. The van der Waals surface area contributed by atoms with Gasteiger partial charge >= 0.3 is 0 Å². The Kier molecular flexibility index (Phi) is 9.44. The summed E-state index contributed by atoms with van der Waals surface area (Å²) in [5, 5.41) is 0.162. The van der Waals surface area contributed by atoms with E-state index < -0.39 is 8.32 Å². The van der Waals surface area contributed by atoms with E-state index in [1.807, 2.05) is 24.3 Å². The Hall–Kier alpha value is -1.30. The fourth-order valence-corrected chi connectivity index (χ4v) is 4.42. The summed E-state index contributed by atoms with van der Waals surface area (Å²) in [4.78, 5) is 0. The molecule has 0 N–H and O–H groups in total. The minimum absolute atomic E-state index is 0.0419. The Morgan fingerprint density at radius 1 is 1.03 bits per heavy atom. The van der Waals surface area contributed by atoms with Gasteiger partial charge in [-0.2, -0.15) is 0 Å². The molecule has 0 aliphatic heterocycles. The molecule has 166 valence electrons. The Bertz CT molecular complexity index is 651. The first-order chi connectivity index (χ1) is 13.4. The molecule has 0 aliphatic rings. The molecule has 0 unspecified atom stereocenters. The summed E-state index contributed by atoms with van der Waals surface area (Å²) >= 11 is 0. The Morgan fingerprint density at radius 3 is 2.10 bits per heavy atom. The van der Waals surface area contributed by atoms with E-state index >= 15 is 0 Å². The molecular formula is C24H42O4Si. The van der Waals surface area contributed by atoms with E-state index in [1.165, 1.54) is 0 Å². The van der Waals surface area contributed by atoms with Crippen molar-refractivity contribution < 1.29 is 18.6 Å². The standard InChI is InChI=1S/C24H42O4Si/c1-12-17(2)23(28-29(10,11)24(5,6)7)18(3)19(4)27-16-20-13-14-21(25-8)22(15-20)26-9/h12-15,17-19,23H,1,16H2,2-11H3/t17-,18-,19-,23-/m1/s1. The molecule has 1 rings (SSSR count). The highest BCUT2D eigenvalue weighted by atomic mass is 28.4. The van der Waals surface area contributed by atoms with Crippen molar-refractivity contribution in [1.82, 2.24) is 0 Å². The van der Waals surface area contributed by atoms with E-state index in [2.05, 4.69) is 61.2 Å². The zero-order valence-electron chi connectivity index (χ0n) is 20.2. The van der Waals surface area contributed by atoms with Crippen LogP contribution in [0.5, 0.6) is 11.5 Å². The summed E-state index contributed by atoms with van der Waals surface area (Å²) in [6.07, 6.45) is 2.11. The molecule has 4 atom stereocenters. The molecule has 1 aromatic carbocycles. The van der Waals surface area contributed by atoms with Gasteiger partial charge in [0.2, 0.25) is 0 Å². The van der Waals surface area contributed by atoms with E-state index in [1.54, 1.807) is 14.2 Å². The molecule has 5 heteroatoms. The maximum atomic E-state index is 6.81. The van der Waals surface area contributed by atoms with E-state index in [0.717, 1.165) is 11.3 Å². The molecular weight excluding hydrogens is 380 g/mol. The highest BCUT2D eigenvalue weighted by molar-refractivity contribution is 6.74. The van der Waals surface area contributed by atoms with Gasteiger partial charge in [0.25, 0.3) is 0 Å². The van der Waals surface area contributed by atoms with Crippen molar-refractivity contribution in [2.75, 3.05) is 14.2 Å². The van der Waals surface area contributed by atoms with Crippen molar-refractivity contribution in [3.63, 3.8) is 0 Å². The van der Waals surface area contributed by atoms with Gasteiger partial charge < -0.3 is 18.6 Å². The molecule has 0 aliphatic carbocycles. The highest BCUT2D eigenvalue weighted by Crippen LogP contribution is 2.40. The lowest BCUT2D eigenvalue weighted by Gasteiger charge is -2.43. The summed E-state index contributed by atoms with van der Waals surface area (Å²) < 4.78 is 23.8. The van der Waals surface area contributed by atoms with Crippen LogP contribution in [0, 0.1) is 11.8 Å². The normalized spacial score (nSPS) is 16.6. The summed E-state index contributed by atoms with van der Waals surface area (Å²) in [7, 11) is 1.39. The molecule has 0 radical (unpaired) electrons. The molecule has 29 heavy (non-hydrogen) atoms. The van der Waals surface area contributed by atoms with Crippen LogP contribution in [-0.4, -0.2) is 34.7 Å². The second-order valence-corrected chi connectivity index (χ2v) is 14.3. The number of benzene rings is 1. The van der Waals surface area contributed by atoms with Crippen LogP contribution in [0.15, 0.2) is 30.9 Å². The first-order valence-electron chi connectivity index (χ1n) is 10.5. The van der Waals surface area contributed by atoms with Crippen LogP contribution in [-0.2, 0) is 15.8 Å². The monoisotopic (exact) mass is 422 g/mol. The first kappa shape index (κ1) is 25.7. The predicted octanol–water partition coefficient (Wildman–Crippen LogP) is 6.46. The van der Waals surface area contributed by atoms with Crippen LogP contribution in [0.25, 0.3) is 0 Å². The number of hydrogen-bond donors (Lipinski definition) is 0. The third-order valence-corrected chi connectivity index (χ3v) is 10.8. The largest absolute Gasteiger partial charge is 0.493 e. The van der Waals surface area contributed by atoms with E-state index in [0.29, 0.717) is 12.4 Å². The fraction of sp³-hybridized carbons (Fsp3) is 0.667. The van der Waals surface area contributed by atoms with Gasteiger partial charge in [0, 0.05) is 5.92 Å². The van der Waals surface area contributed by atoms with Crippen LogP contribution < -0.4 is 9.47 Å². The summed E-state index contributed by atoms with van der Waals surface area (Å²) in [6, 6.07) is 5.88. The molecule has 0 amide bonds. The smallest absolute Gasteiger partial charge is 0.192 e. The molecule has 1 aromatic rings. The Balaban J connectivity index is 2.89. The molecule has 0 aromatic heterocycles. The van der Waals surface area contributed by atoms with Crippen molar-refractivity contribution in [1.29, 1.82) is 0 Å². The fourth-order valence-electron chi connectivity index (χ4n) is 2.96. The first-order valence-corrected chi connectivity index (χ1v) is 13.4. The number of ether oxygens (including phenoxy) is 3. The molecule has 0 bridgehead atoms. The SMILES string of the molecule is C=C[C@@H](C)[C@@H](O[Si](C)(C)C(C)(C)C)[C@H](C)[C@@H](C)OCc1ccc(OC)c(OC)c1. The summed E-state index contributed by atoms with van der Waals surface area (Å²) in [5.41, 5.74) is 1.06. The van der Waals surface area contributed by atoms with Gasteiger partial charge in [0.1, 0.15) is 0 Å². The second kappa shape index (κ2) is 10.6. The second-order valence-electron chi connectivity index (χ2n) is 9.50. The maximum Gasteiger partial charge on any atom is 0.192 e. The molecule has 0 fully saturated rings. The lowest BCUT2D eigenvalue weighted by molar-refractivity contribution is -0.0335. The summed E-state index contributed by atoms with van der Waals surface area (Å²) in [5.74, 6) is 1.93. The van der Waals surface area contributed by atoms with Gasteiger partial charge in [0.15, 0.2) is 19.8 Å². The van der Waals surface area contributed by atoms with Crippen molar-refractivity contribution in [3.8, 4) is 11.5 Å². The van der Waals surface area contributed by atoms with Crippen molar-refractivity contribution in [3.05, 3.63) is 36.4 Å². The molecule has 0 saturated heterocycles. The predicted molar refractivity (Wildman–Crippen MR) is 124 cm³/mol. The lowest BCUT2D eigenvalue weighted by atomic mass is 9.90. The van der Waals surface area contributed by atoms with Crippen LogP contribution in [0.4, 0.5) is 0 Å². The van der Waals surface area contributed by atoms with E-state index in [9.17, 15) is 0 Å². The zero-order chi connectivity index (χ0) is 22.4. The van der Waals surface area contributed by atoms with Gasteiger partial charge in [-0.3, -0.25) is 0 Å². The molecule has 0 heterocycles. The molecule has 0 saturated carbocycles. The minimum Gasteiger partial charge on any atom is -0.493 e. The van der Waals surface area contributed by atoms with E-state index in [4.69, 9.17) is 18.6 Å². The van der Waals surface area contributed by atoms with Crippen LogP contribution in [0.3, 0.4) is 0 Å².